The molecule has 0 aromatic heterocycles. The lowest BCUT2D eigenvalue weighted by Crippen LogP contribution is -2.22. The predicted octanol–water partition coefficient (Wildman–Crippen LogP) is 6.89. The van der Waals surface area contributed by atoms with Crippen LogP contribution in [0.5, 0.6) is 5.75 Å². The van der Waals surface area contributed by atoms with Crippen LogP contribution in [0.1, 0.15) is 62.0 Å². The van der Waals surface area contributed by atoms with Gasteiger partial charge in [0.15, 0.2) is 0 Å². The third-order valence-corrected chi connectivity index (χ3v) is 6.13. The van der Waals surface area contributed by atoms with Crippen molar-refractivity contribution in [1.29, 1.82) is 0 Å². The van der Waals surface area contributed by atoms with E-state index in [9.17, 15) is 9.59 Å². The molecule has 0 aliphatic heterocycles. The van der Waals surface area contributed by atoms with E-state index < -0.39 is 0 Å². The van der Waals surface area contributed by atoms with Gasteiger partial charge in [0.25, 0.3) is 5.91 Å². The number of hydrogen-bond acceptors (Lipinski definition) is 5. The van der Waals surface area contributed by atoms with Crippen molar-refractivity contribution in [2.24, 2.45) is 5.92 Å². The number of esters is 1. The number of rotatable bonds is 14. The summed E-state index contributed by atoms with van der Waals surface area (Å²) in [4.78, 5) is 26.8. The Labute approximate surface area is 227 Å². The number of ether oxygens (including phenoxy) is 2. The van der Waals surface area contributed by atoms with Gasteiger partial charge in [-0.2, -0.15) is 0 Å². The molecule has 0 bridgehead atoms. The molecule has 0 aliphatic rings. The Hall–Kier alpha value is -3.80. The zero-order valence-electron chi connectivity index (χ0n) is 23.0. The van der Waals surface area contributed by atoms with Gasteiger partial charge < -0.3 is 19.7 Å². The molecule has 3 rings (SSSR count). The summed E-state index contributed by atoms with van der Waals surface area (Å²) in [6.07, 6.45) is 1.90. The fourth-order valence-electron chi connectivity index (χ4n) is 4.22. The Kier molecular flexibility index (Phi) is 11.2. The van der Waals surface area contributed by atoms with Gasteiger partial charge >= 0.3 is 5.97 Å². The zero-order chi connectivity index (χ0) is 27.3. The molecule has 0 saturated carbocycles. The molecule has 3 aromatic carbocycles. The maximum atomic E-state index is 13.0. The summed E-state index contributed by atoms with van der Waals surface area (Å²) in [6.45, 7) is 10.8. The van der Waals surface area contributed by atoms with Gasteiger partial charge in [0.05, 0.1) is 18.8 Å². The van der Waals surface area contributed by atoms with Crippen LogP contribution in [-0.2, 0) is 22.5 Å². The SMILES string of the molecule is CCOC(=O)CCCOc1ccccc1C(=O)Nc1ccc(CN(CC)c2ccc(CC(C)C)cc2)cc1. The van der Waals surface area contributed by atoms with Crippen molar-refractivity contribution in [3.63, 3.8) is 0 Å². The van der Waals surface area contributed by atoms with Gasteiger partial charge in [0, 0.05) is 30.9 Å². The number of amides is 1. The molecule has 0 fully saturated rings. The fraction of sp³-hybridized carbons (Fsp3) is 0.375. The molecule has 0 unspecified atom stereocenters. The molecule has 38 heavy (non-hydrogen) atoms. The number of carbonyl (C=O) groups excluding carboxylic acids is 2. The lowest BCUT2D eigenvalue weighted by atomic mass is 10.0. The average molecular weight is 517 g/mol. The van der Waals surface area contributed by atoms with E-state index >= 15 is 0 Å². The molecule has 0 aliphatic carbocycles. The maximum absolute atomic E-state index is 13.0. The van der Waals surface area contributed by atoms with Crippen LogP contribution in [0.4, 0.5) is 11.4 Å². The number of hydrogen-bond donors (Lipinski definition) is 1. The van der Waals surface area contributed by atoms with Crippen LogP contribution in [0, 0.1) is 5.92 Å². The third-order valence-electron chi connectivity index (χ3n) is 6.13. The molecule has 3 aromatic rings. The van der Waals surface area contributed by atoms with Crippen LogP contribution in [0.2, 0.25) is 0 Å². The zero-order valence-corrected chi connectivity index (χ0v) is 23.0. The van der Waals surface area contributed by atoms with Crippen LogP contribution < -0.4 is 15.0 Å². The first-order valence-corrected chi connectivity index (χ1v) is 13.5. The third kappa shape index (κ3) is 8.94. The van der Waals surface area contributed by atoms with Crippen molar-refractivity contribution in [2.75, 3.05) is 30.0 Å². The van der Waals surface area contributed by atoms with Crippen LogP contribution in [0.3, 0.4) is 0 Å². The van der Waals surface area contributed by atoms with Gasteiger partial charge in [-0.25, -0.2) is 0 Å². The van der Waals surface area contributed by atoms with Crippen molar-refractivity contribution in [3.8, 4) is 5.75 Å². The molecule has 0 saturated heterocycles. The summed E-state index contributed by atoms with van der Waals surface area (Å²) in [5, 5.41) is 2.97. The van der Waals surface area contributed by atoms with Gasteiger partial charge in [-0.3, -0.25) is 9.59 Å². The highest BCUT2D eigenvalue weighted by atomic mass is 16.5. The normalized spacial score (nSPS) is 10.8. The van der Waals surface area contributed by atoms with Gasteiger partial charge in [0.2, 0.25) is 0 Å². The molecular formula is C32H40N2O4. The number of nitrogens with zero attached hydrogens (tertiary/aromatic N) is 1. The van der Waals surface area contributed by atoms with E-state index in [0.717, 1.165) is 25.2 Å². The Bertz CT molecular complexity index is 1160. The Morgan fingerprint density at radius 2 is 1.58 bits per heavy atom. The monoisotopic (exact) mass is 516 g/mol. The molecule has 0 radical (unpaired) electrons. The van der Waals surface area contributed by atoms with Crippen LogP contribution in [0.15, 0.2) is 72.8 Å². The van der Waals surface area contributed by atoms with E-state index in [1.165, 1.54) is 16.8 Å². The second-order valence-corrected chi connectivity index (χ2v) is 9.68. The largest absolute Gasteiger partial charge is 0.493 e. The van der Waals surface area contributed by atoms with E-state index in [2.05, 4.69) is 55.3 Å². The topological polar surface area (TPSA) is 67.9 Å². The van der Waals surface area contributed by atoms with Gasteiger partial charge in [-0.1, -0.05) is 50.2 Å². The molecule has 6 heteroatoms. The van der Waals surface area contributed by atoms with Crippen molar-refractivity contribution < 1.29 is 19.1 Å². The average Bonchev–Trinajstić information content (AvgIpc) is 2.91. The minimum Gasteiger partial charge on any atom is -0.493 e. The summed E-state index contributed by atoms with van der Waals surface area (Å²) in [7, 11) is 0. The number of para-hydroxylation sites is 1. The Morgan fingerprint density at radius 3 is 2.24 bits per heavy atom. The summed E-state index contributed by atoms with van der Waals surface area (Å²) in [6, 6.07) is 23.9. The van der Waals surface area contributed by atoms with Gasteiger partial charge in [-0.05, 0) is 80.1 Å². The highest BCUT2D eigenvalue weighted by Crippen LogP contribution is 2.22. The summed E-state index contributed by atoms with van der Waals surface area (Å²) >= 11 is 0. The summed E-state index contributed by atoms with van der Waals surface area (Å²) < 4.78 is 10.7. The second kappa shape index (κ2) is 14.8. The van der Waals surface area contributed by atoms with Gasteiger partial charge in [0.1, 0.15) is 5.75 Å². The van der Waals surface area contributed by atoms with Crippen LogP contribution >= 0.6 is 0 Å². The van der Waals surface area contributed by atoms with Crippen LogP contribution in [0.25, 0.3) is 0 Å². The highest BCUT2D eigenvalue weighted by Gasteiger charge is 2.13. The quantitative estimate of drug-likeness (QED) is 0.187. The Balaban J connectivity index is 1.56. The fourth-order valence-corrected chi connectivity index (χ4v) is 4.22. The molecule has 0 heterocycles. The highest BCUT2D eigenvalue weighted by molar-refractivity contribution is 6.06. The molecule has 1 N–H and O–H groups in total. The molecule has 6 nitrogen and oxygen atoms in total. The minimum atomic E-state index is -0.243. The maximum Gasteiger partial charge on any atom is 0.305 e. The first kappa shape index (κ1) is 28.8. The lowest BCUT2D eigenvalue weighted by molar-refractivity contribution is -0.143. The first-order chi connectivity index (χ1) is 18.4. The summed E-state index contributed by atoms with van der Waals surface area (Å²) in [5.41, 5.74) is 4.91. The first-order valence-electron chi connectivity index (χ1n) is 13.5. The number of anilines is 2. The van der Waals surface area contributed by atoms with Crippen LogP contribution in [-0.4, -0.2) is 31.6 Å². The standard InChI is InChI=1S/C32H40N2O4/c1-5-34(28-19-15-25(16-20-28)22-24(3)4)23-26-13-17-27(18-14-26)33-32(36)29-10-7-8-11-30(29)38-21-9-12-31(35)37-6-2/h7-8,10-11,13-20,24H,5-6,9,12,21-23H2,1-4H3,(H,33,36). The summed E-state index contributed by atoms with van der Waals surface area (Å²) in [5.74, 6) is 0.650. The number of nitrogens with one attached hydrogen (secondary N) is 1. The van der Waals surface area contributed by atoms with E-state index in [0.29, 0.717) is 36.9 Å². The van der Waals surface area contributed by atoms with E-state index in [1.807, 2.05) is 30.3 Å². The van der Waals surface area contributed by atoms with Gasteiger partial charge in [-0.15, -0.1) is 0 Å². The molecule has 202 valence electrons. The van der Waals surface area contributed by atoms with Crippen molar-refractivity contribution in [3.05, 3.63) is 89.5 Å². The molecular weight excluding hydrogens is 476 g/mol. The van der Waals surface area contributed by atoms with Crippen molar-refractivity contribution >= 4 is 23.3 Å². The second-order valence-electron chi connectivity index (χ2n) is 9.68. The van der Waals surface area contributed by atoms with E-state index in [1.54, 1.807) is 25.1 Å². The van der Waals surface area contributed by atoms with Crippen molar-refractivity contribution in [1.82, 2.24) is 0 Å². The van der Waals surface area contributed by atoms with E-state index in [-0.39, 0.29) is 18.3 Å². The number of benzene rings is 3. The smallest absolute Gasteiger partial charge is 0.305 e. The molecule has 0 spiro atoms. The molecule has 1 amide bonds. The van der Waals surface area contributed by atoms with E-state index in [4.69, 9.17) is 9.47 Å². The van der Waals surface area contributed by atoms with Crippen molar-refractivity contribution in [2.45, 2.75) is 53.5 Å². The Morgan fingerprint density at radius 1 is 0.895 bits per heavy atom. The lowest BCUT2D eigenvalue weighted by Gasteiger charge is -2.24. The predicted molar refractivity (Wildman–Crippen MR) is 154 cm³/mol. The molecule has 0 atom stereocenters. The number of carbonyl (C=O) groups is 2. The minimum absolute atomic E-state index is 0.240.